The zero-order chi connectivity index (χ0) is 25.3. The minimum atomic E-state index is -2.72. The number of piperidine rings is 1. The van der Waals surface area contributed by atoms with Gasteiger partial charge in [-0.2, -0.15) is 5.10 Å². The zero-order valence-electron chi connectivity index (χ0n) is 20.5. The molecule has 2 saturated heterocycles. The van der Waals surface area contributed by atoms with E-state index in [2.05, 4.69) is 20.5 Å². The molecule has 5 heterocycles. The largest absolute Gasteiger partial charge is 0.358 e. The fourth-order valence-corrected chi connectivity index (χ4v) is 5.61. The van der Waals surface area contributed by atoms with Gasteiger partial charge in [0, 0.05) is 29.9 Å². The summed E-state index contributed by atoms with van der Waals surface area (Å²) in [4.78, 5) is 21.2. The van der Waals surface area contributed by atoms with Crippen molar-refractivity contribution in [3.05, 3.63) is 24.7 Å². The Morgan fingerprint density at radius 2 is 1.97 bits per heavy atom. The van der Waals surface area contributed by atoms with Crippen LogP contribution in [0.15, 0.2) is 24.7 Å². The van der Waals surface area contributed by atoms with E-state index in [4.69, 9.17) is 0 Å². The van der Waals surface area contributed by atoms with E-state index in [1.807, 2.05) is 4.90 Å². The van der Waals surface area contributed by atoms with Crippen molar-refractivity contribution in [2.24, 2.45) is 0 Å². The van der Waals surface area contributed by atoms with Gasteiger partial charge in [0.2, 0.25) is 0 Å². The molecule has 1 saturated carbocycles. The molecular formula is C25H30F3N7O. The molecule has 3 aliphatic rings. The highest BCUT2D eigenvalue weighted by Gasteiger charge is 2.51. The second-order valence-corrected chi connectivity index (χ2v) is 11.1. The van der Waals surface area contributed by atoms with Crippen molar-refractivity contribution >= 4 is 28.3 Å². The third-order valence-corrected chi connectivity index (χ3v) is 7.53. The van der Waals surface area contributed by atoms with E-state index in [0.717, 1.165) is 38.6 Å². The SMILES string of the molecule is CC(C)(F)Cn1cc(N2CC(F)(F)C2)c2cnc(-c3[nH]ncc3NC(=O)N3CCCCC34CC4)cc21. The number of amides is 2. The van der Waals surface area contributed by atoms with Gasteiger partial charge < -0.3 is 19.7 Å². The molecule has 11 heteroatoms. The predicted molar refractivity (Wildman–Crippen MR) is 131 cm³/mol. The van der Waals surface area contributed by atoms with Gasteiger partial charge in [-0.15, -0.1) is 0 Å². The molecule has 6 rings (SSSR count). The number of carbonyl (C=O) groups excluding carboxylic acids is 1. The summed E-state index contributed by atoms with van der Waals surface area (Å²) in [5.41, 5.74) is 1.36. The van der Waals surface area contributed by atoms with E-state index in [9.17, 15) is 18.0 Å². The number of aromatic nitrogens is 4. The number of alkyl halides is 3. The van der Waals surface area contributed by atoms with Crippen LogP contribution >= 0.6 is 0 Å². The van der Waals surface area contributed by atoms with Crippen LogP contribution in [-0.2, 0) is 6.54 Å². The van der Waals surface area contributed by atoms with Crippen LogP contribution in [0, 0.1) is 0 Å². The second-order valence-electron chi connectivity index (χ2n) is 11.1. The van der Waals surface area contributed by atoms with Crippen molar-refractivity contribution in [3.8, 4) is 11.4 Å². The topological polar surface area (TPSA) is 82.1 Å². The Labute approximate surface area is 206 Å². The summed E-state index contributed by atoms with van der Waals surface area (Å²) >= 11 is 0. The van der Waals surface area contributed by atoms with Crippen molar-refractivity contribution in [3.63, 3.8) is 0 Å². The van der Waals surface area contributed by atoms with Crippen molar-refractivity contribution < 1.29 is 18.0 Å². The van der Waals surface area contributed by atoms with Gasteiger partial charge in [0.15, 0.2) is 0 Å². The number of fused-ring (bicyclic) bond motifs is 1. The summed E-state index contributed by atoms with van der Waals surface area (Å²) in [6.07, 6.45) is 10.2. The maximum absolute atomic E-state index is 14.6. The Bertz CT molecular complexity index is 1310. The molecule has 0 bridgehead atoms. The van der Waals surface area contributed by atoms with Crippen LogP contribution in [0.1, 0.15) is 46.0 Å². The van der Waals surface area contributed by atoms with Crippen molar-refractivity contribution in [2.75, 3.05) is 29.9 Å². The molecule has 0 aromatic carbocycles. The predicted octanol–water partition coefficient (Wildman–Crippen LogP) is 5.18. The highest BCUT2D eigenvalue weighted by molar-refractivity contribution is 5.97. The first-order chi connectivity index (χ1) is 17.0. The van der Waals surface area contributed by atoms with Gasteiger partial charge in [-0.25, -0.2) is 18.0 Å². The number of hydrogen-bond donors (Lipinski definition) is 2. The average Bonchev–Trinajstić information content (AvgIpc) is 3.24. The third-order valence-electron chi connectivity index (χ3n) is 7.53. The van der Waals surface area contributed by atoms with Crippen LogP contribution in [0.3, 0.4) is 0 Å². The lowest BCUT2D eigenvalue weighted by Gasteiger charge is -2.40. The molecule has 3 aromatic rings. The number of anilines is 2. The first-order valence-electron chi connectivity index (χ1n) is 12.5. The molecule has 192 valence electrons. The molecule has 2 amide bonds. The smallest absolute Gasteiger partial charge is 0.322 e. The highest BCUT2D eigenvalue weighted by atomic mass is 19.3. The number of likely N-dealkylation sites (tertiary alicyclic amines) is 1. The average molecular weight is 502 g/mol. The van der Waals surface area contributed by atoms with E-state index >= 15 is 0 Å². The summed E-state index contributed by atoms with van der Waals surface area (Å²) in [7, 11) is 0. The summed E-state index contributed by atoms with van der Waals surface area (Å²) in [6, 6.07) is 1.65. The first kappa shape index (κ1) is 23.2. The Morgan fingerprint density at radius 3 is 2.67 bits per heavy atom. The normalized spacial score (nSPS) is 20.6. The molecule has 0 radical (unpaired) electrons. The maximum atomic E-state index is 14.6. The lowest BCUT2D eigenvalue weighted by atomic mass is 10.0. The molecule has 0 unspecified atom stereocenters. The molecule has 2 aliphatic heterocycles. The third kappa shape index (κ3) is 4.08. The van der Waals surface area contributed by atoms with E-state index in [0.29, 0.717) is 33.7 Å². The van der Waals surface area contributed by atoms with Gasteiger partial charge in [-0.1, -0.05) is 0 Å². The minimum Gasteiger partial charge on any atom is -0.358 e. The molecule has 1 spiro atoms. The summed E-state index contributed by atoms with van der Waals surface area (Å²) in [5, 5.41) is 10.7. The lowest BCUT2D eigenvalue weighted by Crippen LogP contribution is -2.56. The van der Waals surface area contributed by atoms with Crippen LogP contribution in [0.2, 0.25) is 0 Å². The summed E-state index contributed by atoms with van der Waals surface area (Å²) in [5.74, 6) is -2.72. The number of nitrogens with zero attached hydrogens (tertiary/aromatic N) is 5. The number of rotatable bonds is 5. The second kappa shape index (κ2) is 7.88. The Kier molecular flexibility index (Phi) is 5.07. The summed E-state index contributed by atoms with van der Waals surface area (Å²) < 4.78 is 43.5. The Morgan fingerprint density at radius 1 is 1.19 bits per heavy atom. The first-order valence-corrected chi connectivity index (χ1v) is 12.5. The van der Waals surface area contributed by atoms with Gasteiger partial charge in [-0.3, -0.25) is 10.1 Å². The molecule has 2 N–H and O–H groups in total. The number of hydrogen-bond acceptors (Lipinski definition) is 4. The van der Waals surface area contributed by atoms with Gasteiger partial charge in [0.1, 0.15) is 11.4 Å². The maximum Gasteiger partial charge on any atom is 0.322 e. The van der Waals surface area contributed by atoms with E-state index in [1.165, 1.54) is 13.8 Å². The van der Waals surface area contributed by atoms with Crippen LogP contribution < -0.4 is 10.2 Å². The number of nitrogens with one attached hydrogen (secondary N) is 2. The summed E-state index contributed by atoms with van der Waals surface area (Å²) in [6.45, 7) is 3.01. The van der Waals surface area contributed by atoms with Crippen LogP contribution in [0.5, 0.6) is 0 Å². The van der Waals surface area contributed by atoms with E-state index in [-0.39, 0.29) is 31.2 Å². The minimum absolute atomic E-state index is 0.00740. The molecule has 0 atom stereocenters. The number of aromatic amines is 1. The molecule has 8 nitrogen and oxygen atoms in total. The van der Waals surface area contributed by atoms with E-state index < -0.39 is 11.6 Å². The number of H-pyrrole nitrogens is 1. The molecule has 3 aromatic heterocycles. The number of pyridine rings is 1. The Hall–Kier alpha value is -3.24. The van der Waals surface area contributed by atoms with Gasteiger partial charge >= 0.3 is 6.03 Å². The fourth-order valence-electron chi connectivity index (χ4n) is 5.61. The van der Waals surface area contributed by atoms with Gasteiger partial charge in [0.25, 0.3) is 5.92 Å². The van der Waals surface area contributed by atoms with Crippen molar-refractivity contribution in [2.45, 2.75) is 69.6 Å². The van der Waals surface area contributed by atoms with Crippen molar-refractivity contribution in [1.82, 2.24) is 24.6 Å². The highest BCUT2D eigenvalue weighted by Crippen LogP contribution is 2.48. The van der Waals surface area contributed by atoms with Crippen LogP contribution in [0.25, 0.3) is 22.3 Å². The zero-order valence-corrected chi connectivity index (χ0v) is 20.5. The van der Waals surface area contributed by atoms with Gasteiger partial charge in [-0.05, 0) is 52.0 Å². The number of carbonyl (C=O) groups is 1. The monoisotopic (exact) mass is 501 g/mol. The molecule has 3 fully saturated rings. The number of halogens is 3. The van der Waals surface area contributed by atoms with Crippen LogP contribution in [0.4, 0.5) is 29.3 Å². The van der Waals surface area contributed by atoms with Crippen LogP contribution in [-0.4, -0.2) is 67.4 Å². The lowest BCUT2D eigenvalue weighted by molar-refractivity contribution is -0.0261. The van der Waals surface area contributed by atoms with E-state index in [1.54, 1.807) is 34.1 Å². The molecule has 1 aliphatic carbocycles. The molecular weight excluding hydrogens is 471 g/mol. The standard InChI is InChI=1S/C25H30F3N7O/c1-23(2,26)13-33-12-20(34-14-25(27,28)15-34)16-10-29-17(9-19(16)33)21-18(11-30-32-21)31-22(36)35-8-4-3-5-24(35)6-7-24/h9-12H,3-8,13-15H2,1-2H3,(H,30,32)(H,31,36). The Balaban J connectivity index is 1.32. The fraction of sp³-hybridized carbons (Fsp3) is 0.560. The van der Waals surface area contributed by atoms with Crippen molar-refractivity contribution in [1.29, 1.82) is 0 Å². The quantitative estimate of drug-likeness (QED) is 0.505. The molecule has 36 heavy (non-hydrogen) atoms. The number of urea groups is 1. The van der Waals surface area contributed by atoms with Gasteiger partial charge in [0.05, 0.1) is 48.4 Å².